The fraction of sp³-hybridized carbons (Fsp3) is 0.250. The van der Waals surface area contributed by atoms with E-state index in [1.165, 1.54) is 0 Å². The van der Waals surface area contributed by atoms with Crippen LogP contribution in [0.25, 0.3) is 0 Å². The Balaban J connectivity index is 2.86. The first-order valence-corrected chi connectivity index (χ1v) is 3.83. The van der Waals surface area contributed by atoms with E-state index in [-0.39, 0.29) is 6.04 Å². The third-order valence-corrected chi connectivity index (χ3v) is 1.77. The molecule has 2 nitrogen and oxygen atoms in total. The average Bonchev–Trinajstić information content (AvgIpc) is 2.03. The average molecular weight is 171 g/mol. The molecule has 3 heteroatoms. The molecule has 1 aromatic rings. The molecule has 0 aliphatic carbocycles. The highest BCUT2D eigenvalue weighted by Gasteiger charge is 2.02. The number of rotatable bonds is 2. The molecule has 0 bridgehead atoms. The van der Waals surface area contributed by atoms with Crippen molar-refractivity contribution in [3.63, 3.8) is 0 Å². The van der Waals surface area contributed by atoms with Gasteiger partial charge in [-0.3, -0.25) is 0 Å². The van der Waals surface area contributed by atoms with Gasteiger partial charge in [0, 0.05) is 17.6 Å². The van der Waals surface area contributed by atoms with Crippen LogP contribution in [-0.4, -0.2) is 6.54 Å². The van der Waals surface area contributed by atoms with Crippen LogP contribution in [0.3, 0.4) is 0 Å². The second-order valence-corrected chi connectivity index (χ2v) is 2.83. The Morgan fingerprint density at radius 3 is 2.73 bits per heavy atom. The number of halogens is 1. The SMILES string of the molecule is NC[C@@H](N)c1cccc(Cl)c1. The van der Waals surface area contributed by atoms with Gasteiger partial charge < -0.3 is 11.5 Å². The lowest BCUT2D eigenvalue weighted by Gasteiger charge is -2.08. The Hall–Kier alpha value is -0.570. The molecule has 0 fully saturated rings. The zero-order valence-corrected chi connectivity index (χ0v) is 6.88. The summed E-state index contributed by atoms with van der Waals surface area (Å²) in [5, 5.41) is 0.700. The van der Waals surface area contributed by atoms with Crippen LogP contribution in [0, 0.1) is 0 Å². The van der Waals surface area contributed by atoms with Gasteiger partial charge >= 0.3 is 0 Å². The Kier molecular flexibility index (Phi) is 2.88. The standard InChI is InChI=1S/C8H11ClN2/c9-7-3-1-2-6(4-7)8(11)5-10/h1-4,8H,5,10-11H2/t8-/m1/s1. The summed E-state index contributed by atoms with van der Waals surface area (Å²) in [7, 11) is 0. The van der Waals surface area contributed by atoms with Gasteiger partial charge in [-0.1, -0.05) is 23.7 Å². The van der Waals surface area contributed by atoms with Gasteiger partial charge in [-0.15, -0.1) is 0 Å². The Morgan fingerprint density at radius 1 is 1.45 bits per heavy atom. The molecule has 1 aromatic carbocycles. The summed E-state index contributed by atoms with van der Waals surface area (Å²) in [6.07, 6.45) is 0. The zero-order valence-electron chi connectivity index (χ0n) is 6.13. The molecule has 0 aliphatic heterocycles. The van der Waals surface area contributed by atoms with Gasteiger partial charge in [-0.05, 0) is 17.7 Å². The van der Waals surface area contributed by atoms with Gasteiger partial charge in [0.15, 0.2) is 0 Å². The van der Waals surface area contributed by atoms with Crippen LogP contribution in [0.2, 0.25) is 5.02 Å². The van der Waals surface area contributed by atoms with E-state index in [1.54, 1.807) is 0 Å². The predicted octanol–water partition coefficient (Wildman–Crippen LogP) is 1.30. The van der Waals surface area contributed by atoms with Crippen LogP contribution in [-0.2, 0) is 0 Å². The Bertz CT molecular complexity index is 237. The highest BCUT2D eigenvalue weighted by atomic mass is 35.5. The van der Waals surface area contributed by atoms with E-state index in [1.807, 2.05) is 24.3 Å². The van der Waals surface area contributed by atoms with Crippen LogP contribution in [0.5, 0.6) is 0 Å². The van der Waals surface area contributed by atoms with Gasteiger partial charge in [0.05, 0.1) is 0 Å². The largest absolute Gasteiger partial charge is 0.329 e. The molecule has 0 aromatic heterocycles. The summed E-state index contributed by atoms with van der Waals surface area (Å²) in [5.74, 6) is 0. The zero-order chi connectivity index (χ0) is 8.27. The molecular formula is C8H11ClN2. The fourth-order valence-electron chi connectivity index (χ4n) is 0.873. The van der Waals surface area contributed by atoms with E-state index in [0.717, 1.165) is 5.56 Å². The van der Waals surface area contributed by atoms with Crippen molar-refractivity contribution >= 4 is 11.6 Å². The van der Waals surface area contributed by atoms with Crippen LogP contribution in [0.1, 0.15) is 11.6 Å². The van der Waals surface area contributed by atoms with E-state index in [4.69, 9.17) is 23.1 Å². The Morgan fingerprint density at radius 2 is 2.18 bits per heavy atom. The quantitative estimate of drug-likeness (QED) is 0.703. The van der Waals surface area contributed by atoms with Crippen molar-refractivity contribution in [2.75, 3.05) is 6.54 Å². The lowest BCUT2D eigenvalue weighted by Crippen LogP contribution is -2.20. The van der Waals surface area contributed by atoms with E-state index >= 15 is 0 Å². The van der Waals surface area contributed by atoms with E-state index in [9.17, 15) is 0 Å². The minimum atomic E-state index is -0.103. The molecule has 0 radical (unpaired) electrons. The van der Waals surface area contributed by atoms with Crippen molar-refractivity contribution in [2.45, 2.75) is 6.04 Å². The maximum atomic E-state index is 5.75. The lowest BCUT2D eigenvalue weighted by molar-refractivity contribution is 0.737. The molecule has 1 rings (SSSR count). The smallest absolute Gasteiger partial charge is 0.0420 e. The fourth-order valence-corrected chi connectivity index (χ4v) is 1.07. The highest BCUT2D eigenvalue weighted by Crippen LogP contribution is 2.14. The van der Waals surface area contributed by atoms with Crippen LogP contribution < -0.4 is 11.5 Å². The summed E-state index contributed by atoms with van der Waals surface area (Å²) in [5.41, 5.74) is 12.1. The number of benzene rings is 1. The van der Waals surface area contributed by atoms with Crippen LogP contribution >= 0.6 is 11.6 Å². The van der Waals surface area contributed by atoms with Crippen molar-refractivity contribution in [1.82, 2.24) is 0 Å². The number of hydrogen-bond acceptors (Lipinski definition) is 2. The highest BCUT2D eigenvalue weighted by molar-refractivity contribution is 6.30. The molecule has 11 heavy (non-hydrogen) atoms. The summed E-state index contributed by atoms with van der Waals surface area (Å²) >= 11 is 5.75. The van der Waals surface area contributed by atoms with Crippen molar-refractivity contribution in [3.05, 3.63) is 34.9 Å². The molecule has 0 saturated heterocycles. The van der Waals surface area contributed by atoms with Crippen LogP contribution in [0.4, 0.5) is 0 Å². The monoisotopic (exact) mass is 170 g/mol. The minimum Gasteiger partial charge on any atom is -0.329 e. The van der Waals surface area contributed by atoms with Crippen LogP contribution in [0.15, 0.2) is 24.3 Å². The van der Waals surface area contributed by atoms with Gasteiger partial charge in [0.2, 0.25) is 0 Å². The van der Waals surface area contributed by atoms with Crippen molar-refractivity contribution in [2.24, 2.45) is 11.5 Å². The second kappa shape index (κ2) is 3.72. The Labute approximate surface area is 71.1 Å². The third-order valence-electron chi connectivity index (χ3n) is 1.53. The third kappa shape index (κ3) is 2.19. The maximum absolute atomic E-state index is 5.75. The predicted molar refractivity (Wildman–Crippen MR) is 47.4 cm³/mol. The number of nitrogens with two attached hydrogens (primary N) is 2. The number of hydrogen-bond donors (Lipinski definition) is 2. The van der Waals surface area contributed by atoms with Gasteiger partial charge in [0.1, 0.15) is 0 Å². The summed E-state index contributed by atoms with van der Waals surface area (Å²) in [6, 6.07) is 7.33. The molecule has 60 valence electrons. The molecule has 0 heterocycles. The molecule has 0 saturated carbocycles. The molecule has 0 spiro atoms. The second-order valence-electron chi connectivity index (χ2n) is 2.40. The summed E-state index contributed by atoms with van der Waals surface area (Å²) < 4.78 is 0. The van der Waals surface area contributed by atoms with Crippen molar-refractivity contribution in [1.29, 1.82) is 0 Å². The van der Waals surface area contributed by atoms with E-state index < -0.39 is 0 Å². The summed E-state index contributed by atoms with van der Waals surface area (Å²) in [4.78, 5) is 0. The van der Waals surface area contributed by atoms with Gasteiger partial charge in [0.25, 0.3) is 0 Å². The summed E-state index contributed by atoms with van der Waals surface area (Å²) in [6.45, 7) is 0.445. The topological polar surface area (TPSA) is 52.0 Å². The minimum absolute atomic E-state index is 0.103. The maximum Gasteiger partial charge on any atom is 0.0420 e. The van der Waals surface area contributed by atoms with Gasteiger partial charge in [-0.2, -0.15) is 0 Å². The molecule has 0 amide bonds. The van der Waals surface area contributed by atoms with E-state index in [0.29, 0.717) is 11.6 Å². The van der Waals surface area contributed by atoms with Crippen molar-refractivity contribution in [3.8, 4) is 0 Å². The first kappa shape index (κ1) is 8.53. The first-order valence-electron chi connectivity index (χ1n) is 3.45. The molecule has 0 aliphatic rings. The van der Waals surface area contributed by atoms with Crippen molar-refractivity contribution < 1.29 is 0 Å². The molecule has 4 N–H and O–H groups in total. The van der Waals surface area contributed by atoms with E-state index in [2.05, 4.69) is 0 Å². The van der Waals surface area contributed by atoms with Gasteiger partial charge in [-0.25, -0.2) is 0 Å². The molecule has 1 atom stereocenters. The molecule has 0 unspecified atom stereocenters. The normalized spacial score (nSPS) is 13.0. The first-order chi connectivity index (χ1) is 5.24. The molecular weight excluding hydrogens is 160 g/mol. The lowest BCUT2D eigenvalue weighted by atomic mass is 10.1.